The first kappa shape index (κ1) is 11.9. The van der Waals surface area contributed by atoms with E-state index >= 15 is 0 Å². The second kappa shape index (κ2) is 5.70. The fourth-order valence-electron chi connectivity index (χ4n) is 1.54. The van der Waals surface area contributed by atoms with Gasteiger partial charge in [-0.1, -0.05) is 42.2 Å². The summed E-state index contributed by atoms with van der Waals surface area (Å²) < 4.78 is 4.72. The van der Waals surface area contributed by atoms with E-state index in [-0.39, 0.29) is 5.97 Å². The van der Waals surface area contributed by atoms with Crippen molar-refractivity contribution in [1.29, 1.82) is 0 Å². The van der Waals surface area contributed by atoms with Crippen LogP contribution in [0, 0.1) is 11.8 Å². The fraction of sp³-hybridized carbons (Fsp3) is 0.0625. The predicted octanol–water partition coefficient (Wildman–Crippen LogP) is 2.87. The van der Waals surface area contributed by atoms with Crippen LogP contribution in [-0.4, -0.2) is 13.1 Å². The number of hydrogen-bond donors (Lipinski definition) is 0. The zero-order valence-electron chi connectivity index (χ0n) is 10.0. The molecule has 88 valence electrons. The molecule has 0 aliphatic carbocycles. The van der Waals surface area contributed by atoms with Gasteiger partial charge in [0, 0.05) is 11.1 Å². The highest BCUT2D eigenvalue weighted by molar-refractivity contribution is 5.92. The Bertz CT molecular complexity index is 604. The van der Waals surface area contributed by atoms with Gasteiger partial charge in [-0.05, 0) is 24.3 Å². The van der Waals surface area contributed by atoms with E-state index in [1.807, 2.05) is 42.5 Å². The number of esters is 1. The Hall–Kier alpha value is -2.53. The van der Waals surface area contributed by atoms with E-state index < -0.39 is 0 Å². The molecule has 0 atom stereocenters. The van der Waals surface area contributed by atoms with Gasteiger partial charge >= 0.3 is 5.97 Å². The van der Waals surface area contributed by atoms with Gasteiger partial charge in [-0.25, -0.2) is 4.79 Å². The molecule has 0 N–H and O–H groups in total. The molecule has 0 bridgehead atoms. The van der Waals surface area contributed by atoms with Crippen molar-refractivity contribution in [2.24, 2.45) is 0 Å². The number of carbonyl (C=O) groups excluding carboxylic acids is 1. The Morgan fingerprint density at radius 2 is 1.61 bits per heavy atom. The van der Waals surface area contributed by atoms with Gasteiger partial charge in [0.25, 0.3) is 0 Å². The van der Waals surface area contributed by atoms with Crippen LogP contribution < -0.4 is 0 Å². The number of ether oxygens (including phenoxy) is 1. The molecule has 0 aliphatic heterocycles. The average molecular weight is 236 g/mol. The van der Waals surface area contributed by atoms with Crippen LogP contribution in [0.15, 0.2) is 54.6 Å². The van der Waals surface area contributed by atoms with Gasteiger partial charge in [0.2, 0.25) is 0 Å². The van der Waals surface area contributed by atoms with Gasteiger partial charge in [0.15, 0.2) is 0 Å². The quantitative estimate of drug-likeness (QED) is 0.562. The van der Waals surface area contributed by atoms with Crippen LogP contribution in [0.25, 0.3) is 0 Å². The van der Waals surface area contributed by atoms with E-state index in [9.17, 15) is 4.79 Å². The summed E-state index contributed by atoms with van der Waals surface area (Å²) in [6.07, 6.45) is 0. The van der Waals surface area contributed by atoms with Gasteiger partial charge in [-0.3, -0.25) is 0 Å². The molecule has 0 unspecified atom stereocenters. The van der Waals surface area contributed by atoms with Crippen molar-refractivity contribution in [3.8, 4) is 11.8 Å². The first-order valence-corrected chi connectivity index (χ1v) is 5.55. The molecule has 2 aromatic rings. The number of carbonyl (C=O) groups is 1. The highest BCUT2D eigenvalue weighted by atomic mass is 16.5. The Kier molecular flexibility index (Phi) is 3.78. The molecule has 0 amide bonds. The van der Waals surface area contributed by atoms with E-state index in [2.05, 4.69) is 11.8 Å². The predicted molar refractivity (Wildman–Crippen MR) is 70.2 cm³/mol. The zero-order valence-corrected chi connectivity index (χ0v) is 10.0. The summed E-state index contributed by atoms with van der Waals surface area (Å²) in [6, 6.07) is 16.8. The molecular weight excluding hydrogens is 224 g/mol. The van der Waals surface area contributed by atoms with Crippen molar-refractivity contribution in [3.05, 3.63) is 71.3 Å². The maximum Gasteiger partial charge on any atom is 0.339 e. The van der Waals surface area contributed by atoms with Crippen LogP contribution in [0.5, 0.6) is 0 Å². The first-order valence-electron chi connectivity index (χ1n) is 5.55. The molecular formula is C16H12O2. The average Bonchev–Trinajstić information content (AvgIpc) is 2.45. The Morgan fingerprint density at radius 3 is 2.33 bits per heavy atom. The van der Waals surface area contributed by atoms with Gasteiger partial charge in [0.05, 0.1) is 12.7 Å². The smallest absolute Gasteiger partial charge is 0.339 e. The van der Waals surface area contributed by atoms with Crippen molar-refractivity contribution in [2.45, 2.75) is 0 Å². The van der Waals surface area contributed by atoms with Gasteiger partial charge < -0.3 is 4.74 Å². The highest BCUT2D eigenvalue weighted by Gasteiger charge is 2.08. The second-order valence-electron chi connectivity index (χ2n) is 3.65. The van der Waals surface area contributed by atoms with Gasteiger partial charge in [0.1, 0.15) is 0 Å². The van der Waals surface area contributed by atoms with Crippen molar-refractivity contribution in [1.82, 2.24) is 0 Å². The van der Waals surface area contributed by atoms with Gasteiger partial charge in [-0.15, -0.1) is 0 Å². The van der Waals surface area contributed by atoms with Crippen LogP contribution in [0.2, 0.25) is 0 Å². The molecule has 2 nitrogen and oxygen atoms in total. The molecule has 0 aromatic heterocycles. The Labute approximate surface area is 106 Å². The van der Waals surface area contributed by atoms with Crippen molar-refractivity contribution >= 4 is 5.97 Å². The summed E-state index contributed by atoms with van der Waals surface area (Å²) >= 11 is 0. The molecule has 0 heterocycles. The summed E-state index contributed by atoms with van der Waals surface area (Å²) in [5.74, 6) is 5.65. The topological polar surface area (TPSA) is 26.3 Å². The normalized spacial score (nSPS) is 9.17. The summed E-state index contributed by atoms with van der Waals surface area (Å²) in [5.41, 5.74) is 2.08. The minimum Gasteiger partial charge on any atom is -0.465 e. The molecule has 0 radical (unpaired) electrons. The third-order valence-corrected chi connectivity index (χ3v) is 2.45. The summed E-state index contributed by atoms with van der Waals surface area (Å²) in [6.45, 7) is 0. The van der Waals surface area contributed by atoms with Crippen molar-refractivity contribution < 1.29 is 9.53 Å². The summed E-state index contributed by atoms with van der Waals surface area (Å²) in [7, 11) is 1.36. The first-order chi connectivity index (χ1) is 8.81. The highest BCUT2D eigenvalue weighted by Crippen LogP contribution is 2.09. The molecule has 0 saturated heterocycles. The Morgan fingerprint density at radius 1 is 0.944 bits per heavy atom. The zero-order chi connectivity index (χ0) is 12.8. The maximum atomic E-state index is 11.6. The lowest BCUT2D eigenvalue weighted by atomic mass is 10.1. The Balaban J connectivity index is 2.36. The molecule has 2 rings (SSSR count). The summed E-state index contributed by atoms with van der Waals surface area (Å²) in [4.78, 5) is 11.6. The monoisotopic (exact) mass is 236 g/mol. The lowest BCUT2D eigenvalue weighted by molar-refractivity contribution is 0.0600. The molecule has 0 aliphatic rings. The van der Waals surface area contributed by atoms with E-state index in [1.54, 1.807) is 12.1 Å². The van der Waals surface area contributed by atoms with E-state index in [4.69, 9.17) is 4.74 Å². The van der Waals surface area contributed by atoms with E-state index in [0.29, 0.717) is 11.1 Å². The van der Waals surface area contributed by atoms with Crippen molar-refractivity contribution in [2.75, 3.05) is 7.11 Å². The lowest BCUT2D eigenvalue weighted by Crippen LogP contribution is -2.03. The largest absolute Gasteiger partial charge is 0.465 e. The minimum atomic E-state index is -0.368. The third kappa shape index (κ3) is 2.78. The summed E-state index contributed by atoms with van der Waals surface area (Å²) in [5, 5.41) is 0. The standard InChI is InChI=1S/C16H12O2/c1-18-16(17)15-10-6-5-9-14(15)12-11-13-7-3-2-4-8-13/h2-10H,1H3. The van der Waals surface area contributed by atoms with Crippen molar-refractivity contribution in [3.63, 3.8) is 0 Å². The molecule has 0 spiro atoms. The fourth-order valence-corrected chi connectivity index (χ4v) is 1.54. The maximum absolute atomic E-state index is 11.6. The minimum absolute atomic E-state index is 0.368. The number of methoxy groups -OCH3 is 1. The number of benzene rings is 2. The molecule has 18 heavy (non-hydrogen) atoms. The second-order valence-corrected chi connectivity index (χ2v) is 3.65. The third-order valence-electron chi connectivity index (χ3n) is 2.45. The van der Waals surface area contributed by atoms with Crippen LogP contribution in [0.1, 0.15) is 21.5 Å². The van der Waals surface area contributed by atoms with Crippen LogP contribution in [-0.2, 0) is 4.74 Å². The molecule has 2 aromatic carbocycles. The van der Waals surface area contributed by atoms with E-state index in [1.165, 1.54) is 7.11 Å². The van der Waals surface area contributed by atoms with Crippen LogP contribution in [0.4, 0.5) is 0 Å². The molecule has 0 saturated carbocycles. The molecule has 0 fully saturated rings. The SMILES string of the molecule is COC(=O)c1ccccc1C#Cc1ccccc1. The number of hydrogen-bond acceptors (Lipinski definition) is 2. The van der Waals surface area contributed by atoms with Crippen LogP contribution >= 0.6 is 0 Å². The molecule has 2 heteroatoms. The van der Waals surface area contributed by atoms with Crippen LogP contribution in [0.3, 0.4) is 0 Å². The lowest BCUT2D eigenvalue weighted by Gasteiger charge is -2.01. The van der Waals surface area contributed by atoms with E-state index in [0.717, 1.165) is 5.56 Å². The number of rotatable bonds is 1. The van der Waals surface area contributed by atoms with Gasteiger partial charge in [-0.2, -0.15) is 0 Å².